The van der Waals surface area contributed by atoms with Crippen LogP contribution in [0.25, 0.3) is 0 Å². The highest BCUT2D eigenvalue weighted by molar-refractivity contribution is 7.89. The number of carbonyl (C=O) groups excluding carboxylic acids is 1. The Bertz CT molecular complexity index is 1260. The lowest BCUT2D eigenvalue weighted by molar-refractivity contribution is 0.262. The molecule has 0 saturated carbocycles. The first-order chi connectivity index (χ1) is 18.2. The molecule has 2 aromatic carbocycles. The first-order valence-corrected chi connectivity index (χ1v) is 15.5. The highest BCUT2D eigenvalue weighted by Gasteiger charge is 2.31. The van der Waals surface area contributed by atoms with Gasteiger partial charge in [0.1, 0.15) is 21.3 Å². The van der Waals surface area contributed by atoms with Crippen LogP contribution in [-0.4, -0.2) is 71.9 Å². The van der Waals surface area contributed by atoms with Crippen LogP contribution in [-0.2, 0) is 20.0 Å². The molecule has 0 bridgehead atoms. The fourth-order valence-electron chi connectivity index (χ4n) is 4.69. The molecule has 38 heavy (non-hydrogen) atoms. The van der Waals surface area contributed by atoms with Crippen molar-refractivity contribution in [2.24, 2.45) is 0 Å². The van der Waals surface area contributed by atoms with E-state index in [9.17, 15) is 21.6 Å². The van der Waals surface area contributed by atoms with Gasteiger partial charge in [-0.3, -0.25) is 0 Å². The Morgan fingerprint density at radius 2 is 1.03 bits per heavy atom. The van der Waals surface area contributed by atoms with E-state index in [1.165, 1.54) is 59.2 Å². The van der Waals surface area contributed by atoms with E-state index >= 15 is 0 Å². The number of hydrogen-bond acceptors (Lipinski definition) is 7. The lowest BCUT2D eigenvalue weighted by Crippen LogP contribution is -2.36. The molecule has 4 rings (SSSR count). The van der Waals surface area contributed by atoms with Gasteiger partial charge in [0.2, 0.25) is 20.0 Å². The van der Waals surface area contributed by atoms with Crippen molar-refractivity contribution in [3.8, 4) is 11.5 Å². The maximum absolute atomic E-state index is 13.3. The Labute approximate surface area is 224 Å². The first kappa shape index (κ1) is 28.1. The number of urea groups is 1. The summed E-state index contributed by atoms with van der Waals surface area (Å²) in [5.74, 6) is 0.369. The van der Waals surface area contributed by atoms with Gasteiger partial charge in [-0.05, 0) is 62.1 Å². The van der Waals surface area contributed by atoms with Crippen molar-refractivity contribution >= 4 is 37.5 Å². The van der Waals surface area contributed by atoms with Crippen LogP contribution in [0.4, 0.5) is 16.2 Å². The van der Waals surface area contributed by atoms with Crippen LogP contribution in [0.3, 0.4) is 0 Å². The van der Waals surface area contributed by atoms with Crippen molar-refractivity contribution in [3.63, 3.8) is 0 Å². The van der Waals surface area contributed by atoms with Gasteiger partial charge in [0, 0.05) is 37.6 Å². The molecule has 208 valence electrons. The van der Waals surface area contributed by atoms with Crippen molar-refractivity contribution in [2.45, 2.75) is 48.3 Å². The second kappa shape index (κ2) is 11.9. The molecule has 0 unspecified atom stereocenters. The van der Waals surface area contributed by atoms with E-state index in [0.29, 0.717) is 26.2 Å². The molecule has 0 spiro atoms. The van der Waals surface area contributed by atoms with E-state index in [4.69, 9.17) is 9.47 Å². The van der Waals surface area contributed by atoms with Crippen LogP contribution in [0.5, 0.6) is 11.5 Å². The number of ether oxygens (including phenoxy) is 2. The fourth-order valence-corrected chi connectivity index (χ4v) is 8.09. The third kappa shape index (κ3) is 6.06. The zero-order valence-corrected chi connectivity index (χ0v) is 23.2. The van der Waals surface area contributed by atoms with Gasteiger partial charge in [-0.25, -0.2) is 21.6 Å². The minimum absolute atomic E-state index is 0.0286. The summed E-state index contributed by atoms with van der Waals surface area (Å²) < 4.78 is 66.5. The monoisotopic (exact) mass is 566 g/mol. The molecule has 0 radical (unpaired) electrons. The summed E-state index contributed by atoms with van der Waals surface area (Å²) in [5, 5.41) is 5.26. The Kier molecular flexibility index (Phi) is 8.81. The molecule has 2 N–H and O–H groups in total. The van der Waals surface area contributed by atoms with Crippen molar-refractivity contribution in [3.05, 3.63) is 36.4 Å². The molecule has 11 nitrogen and oxygen atoms in total. The van der Waals surface area contributed by atoms with Gasteiger partial charge in [0.05, 0.1) is 14.2 Å². The lowest BCUT2D eigenvalue weighted by Gasteiger charge is -2.27. The predicted molar refractivity (Wildman–Crippen MR) is 144 cm³/mol. The van der Waals surface area contributed by atoms with Crippen molar-refractivity contribution < 1.29 is 31.1 Å². The van der Waals surface area contributed by atoms with Gasteiger partial charge in [0.15, 0.2) is 0 Å². The average Bonchev–Trinajstić information content (AvgIpc) is 2.94. The Morgan fingerprint density at radius 1 is 0.658 bits per heavy atom. The number of nitrogens with one attached hydrogen (secondary N) is 2. The number of piperidine rings is 2. The van der Waals surface area contributed by atoms with E-state index in [2.05, 4.69) is 10.6 Å². The molecule has 0 aliphatic carbocycles. The molecular weight excluding hydrogens is 532 g/mol. The van der Waals surface area contributed by atoms with Crippen molar-refractivity contribution in [1.29, 1.82) is 0 Å². The molecule has 0 atom stereocenters. The Balaban J connectivity index is 1.54. The van der Waals surface area contributed by atoms with E-state index in [1.807, 2.05) is 0 Å². The van der Waals surface area contributed by atoms with Crippen LogP contribution in [0.15, 0.2) is 46.2 Å². The normalized spacial score (nSPS) is 17.5. The zero-order chi connectivity index (χ0) is 27.3. The first-order valence-electron chi connectivity index (χ1n) is 12.6. The van der Waals surface area contributed by atoms with E-state index in [-0.39, 0.29) is 32.7 Å². The predicted octanol–water partition coefficient (Wildman–Crippen LogP) is 3.70. The highest BCUT2D eigenvalue weighted by atomic mass is 32.2. The minimum Gasteiger partial charge on any atom is -0.495 e. The maximum atomic E-state index is 13.3. The number of benzene rings is 2. The summed E-state index contributed by atoms with van der Waals surface area (Å²) >= 11 is 0. The lowest BCUT2D eigenvalue weighted by atomic mass is 10.2. The highest BCUT2D eigenvalue weighted by Crippen LogP contribution is 2.33. The van der Waals surface area contributed by atoms with E-state index in [0.717, 1.165) is 38.5 Å². The molecule has 2 aliphatic heterocycles. The Morgan fingerprint density at radius 3 is 1.37 bits per heavy atom. The van der Waals surface area contributed by atoms with Gasteiger partial charge in [-0.2, -0.15) is 8.61 Å². The van der Waals surface area contributed by atoms with Gasteiger partial charge in [0.25, 0.3) is 0 Å². The number of nitrogens with zero attached hydrogens (tertiary/aromatic N) is 2. The van der Waals surface area contributed by atoms with E-state index in [1.54, 1.807) is 0 Å². The molecule has 13 heteroatoms. The summed E-state index contributed by atoms with van der Waals surface area (Å²) in [4.78, 5) is 12.8. The average molecular weight is 567 g/mol. The number of methoxy groups -OCH3 is 2. The van der Waals surface area contributed by atoms with Crippen LogP contribution >= 0.6 is 0 Å². The minimum atomic E-state index is -3.81. The summed E-state index contributed by atoms with van der Waals surface area (Å²) in [7, 11) is -4.84. The molecule has 2 heterocycles. The number of sulfonamides is 2. The molecule has 2 fully saturated rings. The molecular formula is C25H34N4O7S2. The largest absolute Gasteiger partial charge is 0.495 e. The zero-order valence-electron chi connectivity index (χ0n) is 21.6. The second-order valence-corrected chi connectivity index (χ2v) is 13.1. The molecule has 2 aliphatic rings. The number of amides is 2. The molecule has 2 aromatic rings. The fraction of sp³-hybridized carbons (Fsp3) is 0.480. The van der Waals surface area contributed by atoms with Crippen LogP contribution in [0.1, 0.15) is 38.5 Å². The molecule has 2 amide bonds. The number of anilines is 2. The van der Waals surface area contributed by atoms with Gasteiger partial charge < -0.3 is 20.1 Å². The third-order valence-electron chi connectivity index (χ3n) is 6.71. The SMILES string of the molecule is COc1ccc(NC(=O)Nc2ccc(OC)c(S(=O)(=O)N3CCCCC3)c2)cc1S(=O)(=O)N1CCCCC1. The number of hydrogen-bond donors (Lipinski definition) is 2. The second-order valence-electron chi connectivity index (χ2n) is 9.24. The van der Waals surface area contributed by atoms with Gasteiger partial charge in [-0.1, -0.05) is 12.8 Å². The van der Waals surface area contributed by atoms with Crippen LogP contribution in [0.2, 0.25) is 0 Å². The van der Waals surface area contributed by atoms with Crippen molar-refractivity contribution in [1.82, 2.24) is 8.61 Å². The maximum Gasteiger partial charge on any atom is 0.323 e. The van der Waals surface area contributed by atoms with Crippen molar-refractivity contribution in [2.75, 3.05) is 51.0 Å². The van der Waals surface area contributed by atoms with Gasteiger partial charge in [-0.15, -0.1) is 0 Å². The number of carbonyl (C=O) groups is 1. The van der Waals surface area contributed by atoms with E-state index < -0.39 is 26.1 Å². The molecule has 0 aromatic heterocycles. The Hall–Kier alpha value is -2.87. The summed E-state index contributed by atoms with van der Waals surface area (Å²) in [5.41, 5.74) is 0.488. The smallest absolute Gasteiger partial charge is 0.323 e. The third-order valence-corrected chi connectivity index (χ3v) is 10.5. The van der Waals surface area contributed by atoms with Crippen LogP contribution in [0, 0.1) is 0 Å². The van der Waals surface area contributed by atoms with Gasteiger partial charge >= 0.3 is 6.03 Å². The molecule has 2 saturated heterocycles. The summed E-state index contributed by atoms with van der Waals surface area (Å²) in [6.07, 6.45) is 5.13. The standard InChI is InChI=1S/C25H34N4O7S2/c1-35-21-11-9-19(17-23(21)37(31,32)28-13-5-3-6-14-28)26-25(30)27-20-10-12-22(36-2)24(18-20)38(33,34)29-15-7-4-8-16-29/h9-12,17-18H,3-8,13-16H2,1-2H3,(H2,26,27,30). The topological polar surface area (TPSA) is 134 Å². The summed E-state index contributed by atoms with van der Waals surface area (Å²) in [6, 6.07) is 8.11. The summed E-state index contributed by atoms with van der Waals surface area (Å²) in [6.45, 7) is 1.74. The number of rotatable bonds is 8. The quantitative estimate of drug-likeness (QED) is 0.498. The van der Waals surface area contributed by atoms with Crippen LogP contribution < -0.4 is 20.1 Å².